The van der Waals surface area contributed by atoms with E-state index in [1.165, 1.54) is 12.8 Å². The van der Waals surface area contributed by atoms with Crippen molar-refractivity contribution in [1.82, 2.24) is 20.2 Å². The molecular weight excluding hydrogens is 354 g/mol. The van der Waals surface area contributed by atoms with Crippen LogP contribution in [0.25, 0.3) is 11.3 Å². The normalized spacial score (nSPS) is 17.0. The second-order valence-electron chi connectivity index (χ2n) is 8.00. The molecule has 2 amide bonds. The van der Waals surface area contributed by atoms with Gasteiger partial charge in [0.05, 0.1) is 11.9 Å². The summed E-state index contributed by atoms with van der Waals surface area (Å²) in [7, 11) is 0. The van der Waals surface area contributed by atoms with Crippen molar-refractivity contribution in [2.24, 2.45) is 5.92 Å². The zero-order valence-corrected chi connectivity index (χ0v) is 16.4. The molecule has 0 bridgehead atoms. The third-order valence-electron chi connectivity index (χ3n) is 5.46. The molecule has 7 nitrogen and oxygen atoms in total. The first-order valence-corrected chi connectivity index (χ1v) is 9.72. The summed E-state index contributed by atoms with van der Waals surface area (Å²) >= 11 is 0. The topological polar surface area (TPSA) is 101 Å². The van der Waals surface area contributed by atoms with Crippen LogP contribution < -0.4 is 11.1 Å². The highest BCUT2D eigenvalue weighted by Crippen LogP contribution is 2.38. The number of nitrogens with zero attached hydrogens (tertiary/aromatic N) is 3. The van der Waals surface area contributed by atoms with E-state index in [9.17, 15) is 9.59 Å². The minimum absolute atomic E-state index is 0.0252. The van der Waals surface area contributed by atoms with E-state index in [0.717, 1.165) is 16.7 Å². The highest BCUT2D eigenvalue weighted by Gasteiger charge is 2.38. The van der Waals surface area contributed by atoms with Gasteiger partial charge in [-0.2, -0.15) is 0 Å². The second kappa shape index (κ2) is 6.89. The lowest BCUT2D eigenvalue weighted by molar-refractivity contribution is 0.0697. The maximum atomic E-state index is 12.7. The van der Waals surface area contributed by atoms with Gasteiger partial charge in [-0.05, 0) is 57.2 Å². The Morgan fingerprint density at radius 1 is 1.29 bits per heavy atom. The summed E-state index contributed by atoms with van der Waals surface area (Å²) in [6, 6.07) is 5.91. The molecule has 1 fully saturated rings. The summed E-state index contributed by atoms with van der Waals surface area (Å²) in [6.45, 7) is 6.49. The largest absolute Gasteiger partial charge is 0.382 e. The molecular formula is C21H25N5O2. The van der Waals surface area contributed by atoms with E-state index in [4.69, 9.17) is 5.73 Å². The van der Waals surface area contributed by atoms with Gasteiger partial charge in [-0.1, -0.05) is 6.07 Å². The predicted octanol–water partition coefficient (Wildman–Crippen LogP) is 2.62. The summed E-state index contributed by atoms with van der Waals surface area (Å²) < 4.78 is 0. The van der Waals surface area contributed by atoms with Gasteiger partial charge in [-0.15, -0.1) is 0 Å². The molecule has 3 N–H and O–H groups in total. The predicted molar refractivity (Wildman–Crippen MR) is 107 cm³/mol. The van der Waals surface area contributed by atoms with Gasteiger partial charge in [0.2, 0.25) is 0 Å². The number of nitrogens with two attached hydrogens (primary N) is 1. The number of anilines is 1. The zero-order valence-electron chi connectivity index (χ0n) is 16.4. The molecule has 1 unspecified atom stereocenters. The Morgan fingerprint density at radius 2 is 2.04 bits per heavy atom. The van der Waals surface area contributed by atoms with Crippen molar-refractivity contribution in [2.75, 3.05) is 5.73 Å². The van der Waals surface area contributed by atoms with Gasteiger partial charge in [0.1, 0.15) is 0 Å². The maximum Gasteiger partial charge on any atom is 0.273 e. The lowest BCUT2D eigenvalue weighted by Crippen LogP contribution is -2.34. The molecule has 0 spiro atoms. The van der Waals surface area contributed by atoms with Crippen molar-refractivity contribution in [3.63, 3.8) is 0 Å². The van der Waals surface area contributed by atoms with E-state index in [1.807, 2.05) is 36.9 Å². The van der Waals surface area contributed by atoms with Gasteiger partial charge in [0.15, 0.2) is 11.5 Å². The molecule has 1 aliphatic carbocycles. The fraction of sp³-hybridized carbons (Fsp3) is 0.429. The van der Waals surface area contributed by atoms with Gasteiger partial charge < -0.3 is 16.0 Å². The molecule has 1 aromatic carbocycles. The SMILES string of the molecule is CC(C)NC(=O)c1nc(-c2ccc3c(c2)CN(C(C)C2CC2)C3=O)cnc1N. The number of benzene rings is 1. The molecule has 7 heteroatoms. The van der Waals surface area contributed by atoms with Crippen molar-refractivity contribution in [1.29, 1.82) is 0 Å². The number of rotatable bonds is 5. The van der Waals surface area contributed by atoms with E-state index in [0.29, 0.717) is 18.2 Å². The van der Waals surface area contributed by atoms with Crippen LogP contribution in [-0.2, 0) is 6.54 Å². The molecule has 2 heterocycles. The summed E-state index contributed by atoms with van der Waals surface area (Å²) in [6.07, 6.45) is 3.97. The van der Waals surface area contributed by atoms with Crippen LogP contribution >= 0.6 is 0 Å². The summed E-state index contributed by atoms with van der Waals surface area (Å²) in [5.74, 6) is 0.481. The Bertz CT molecular complexity index is 952. The molecule has 0 radical (unpaired) electrons. The van der Waals surface area contributed by atoms with Crippen molar-refractivity contribution < 1.29 is 9.59 Å². The molecule has 0 saturated heterocycles. The van der Waals surface area contributed by atoms with E-state index in [1.54, 1.807) is 6.20 Å². The molecule has 1 aliphatic heterocycles. The van der Waals surface area contributed by atoms with Gasteiger partial charge >= 0.3 is 0 Å². The molecule has 2 aliphatic rings. The Balaban J connectivity index is 1.63. The Kier molecular flexibility index (Phi) is 4.53. The molecule has 2 aromatic rings. The van der Waals surface area contributed by atoms with E-state index in [-0.39, 0.29) is 35.4 Å². The van der Waals surface area contributed by atoms with Crippen LogP contribution in [0, 0.1) is 5.92 Å². The highest BCUT2D eigenvalue weighted by atomic mass is 16.2. The fourth-order valence-electron chi connectivity index (χ4n) is 3.70. The minimum atomic E-state index is -0.345. The monoisotopic (exact) mass is 379 g/mol. The summed E-state index contributed by atoms with van der Waals surface area (Å²) in [5, 5.41) is 2.79. The van der Waals surface area contributed by atoms with Crippen LogP contribution in [-0.4, -0.2) is 38.8 Å². The quantitative estimate of drug-likeness (QED) is 0.832. The van der Waals surface area contributed by atoms with Crippen LogP contribution in [0.1, 0.15) is 60.0 Å². The standard InChI is InChI=1S/C21H25N5O2/c1-11(2)24-20(27)18-19(22)23-9-17(25-18)14-6-7-16-15(8-14)10-26(21(16)28)12(3)13-4-5-13/h6-9,11-13H,4-5,10H2,1-3H3,(H2,22,23)(H,24,27). The lowest BCUT2D eigenvalue weighted by atomic mass is 10.0. The second-order valence-corrected chi connectivity index (χ2v) is 8.00. The van der Waals surface area contributed by atoms with Crippen LogP contribution in [0.3, 0.4) is 0 Å². The number of nitrogen functional groups attached to an aromatic ring is 1. The molecule has 1 saturated carbocycles. The first-order chi connectivity index (χ1) is 13.3. The molecule has 1 atom stereocenters. The van der Waals surface area contributed by atoms with Crippen molar-refractivity contribution in [3.8, 4) is 11.3 Å². The number of carbonyl (C=O) groups excluding carboxylic acids is 2. The molecule has 146 valence electrons. The number of hydrogen-bond donors (Lipinski definition) is 2. The number of nitrogens with one attached hydrogen (secondary N) is 1. The summed E-state index contributed by atoms with van der Waals surface area (Å²) in [4.78, 5) is 35.6. The van der Waals surface area contributed by atoms with E-state index >= 15 is 0 Å². The van der Waals surface area contributed by atoms with Crippen LogP contribution in [0.15, 0.2) is 24.4 Å². The number of hydrogen-bond acceptors (Lipinski definition) is 5. The Morgan fingerprint density at radius 3 is 2.71 bits per heavy atom. The Hall–Kier alpha value is -2.96. The smallest absolute Gasteiger partial charge is 0.273 e. The first kappa shape index (κ1) is 18.4. The third-order valence-corrected chi connectivity index (χ3v) is 5.46. The number of aromatic nitrogens is 2. The van der Waals surface area contributed by atoms with Gasteiger partial charge in [0, 0.05) is 29.8 Å². The molecule has 28 heavy (non-hydrogen) atoms. The van der Waals surface area contributed by atoms with Gasteiger partial charge in [-0.3, -0.25) is 9.59 Å². The van der Waals surface area contributed by atoms with Gasteiger partial charge in [0.25, 0.3) is 11.8 Å². The highest BCUT2D eigenvalue weighted by molar-refractivity contribution is 5.99. The average molecular weight is 379 g/mol. The first-order valence-electron chi connectivity index (χ1n) is 9.72. The van der Waals surface area contributed by atoms with Gasteiger partial charge in [-0.25, -0.2) is 9.97 Å². The van der Waals surface area contributed by atoms with E-state index in [2.05, 4.69) is 22.2 Å². The molecule has 4 rings (SSSR count). The van der Waals surface area contributed by atoms with Crippen LogP contribution in [0.4, 0.5) is 5.82 Å². The number of carbonyl (C=O) groups is 2. The van der Waals surface area contributed by atoms with E-state index < -0.39 is 0 Å². The Labute approximate surface area is 164 Å². The summed E-state index contributed by atoms with van der Waals surface area (Å²) in [5.41, 5.74) is 9.09. The lowest BCUT2D eigenvalue weighted by Gasteiger charge is -2.23. The minimum Gasteiger partial charge on any atom is -0.382 e. The van der Waals surface area contributed by atoms with Crippen LogP contribution in [0.2, 0.25) is 0 Å². The average Bonchev–Trinajstić information content (AvgIpc) is 3.45. The van der Waals surface area contributed by atoms with Crippen molar-refractivity contribution in [3.05, 3.63) is 41.2 Å². The fourth-order valence-corrected chi connectivity index (χ4v) is 3.70. The van der Waals surface area contributed by atoms with Crippen molar-refractivity contribution >= 4 is 17.6 Å². The number of fused-ring (bicyclic) bond motifs is 1. The third kappa shape index (κ3) is 3.32. The molecule has 1 aromatic heterocycles. The maximum absolute atomic E-state index is 12.7. The van der Waals surface area contributed by atoms with Crippen molar-refractivity contribution in [2.45, 2.75) is 52.2 Å². The zero-order chi connectivity index (χ0) is 20.0. The number of amides is 2. The van der Waals surface area contributed by atoms with Crippen LogP contribution in [0.5, 0.6) is 0 Å².